The molecule has 0 aliphatic rings. The molecule has 0 bridgehead atoms. The topological polar surface area (TPSA) is 55.1 Å². The molecule has 0 fully saturated rings. The first-order valence-electron chi connectivity index (χ1n) is 7.82. The molecule has 4 heteroatoms. The van der Waals surface area contributed by atoms with Crippen molar-refractivity contribution in [1.82, 2.24) is 10.3 Å². The van der Waals surface area contributed by atoms with Gasteiger partial charge in [0, 0.05) is 13.3 Å². The van der Waals surface area contributed by atoms with Gasteiger partial charge in [0.15, 0.2) is 11.5 Å². The van der Waals surface area contributed by atoms with E-state index in [4.69, 9.17) is 4.42 Å². The Morgan fingerprint density at radius 1 is 1.22 bits per heavy atom. The van der Waals surface area contributed by atoms with E-state index in [0.717, 1.165) is 22.2 Å². The van der Waals surface area contributed by atoms with Gasteiger partial charge in [-0.25, -0.2) is 4.98 Å². The molecule has 0 aliphatic carbocycles. The van der Waals surface area contributed by atoms with Crippen LogP contribution in [0.15, 0.2) is 52.9 Å². The summed E-state index contributed by atoms with van der Waals surface area (Å²) in [4.78, 5) is 16.4. The van der Waals surface area contributed by atoms with E-state index in [0.29, 0.717) is 18.7 Å². The number of nitrogens with one attached hydrogen (secondary N) is 1. The summed E-state index contributed by atoms with van der Waals surface area (Å²) in [6.07, 6.45) is 1.15. The van der Waals surface area contributed by atoms with E-state index < -0.39 is 0 Å². The average molecular weight is 308 g/mol. The number of benzene rings is 2. The van der Waals surface area contributed by atoms with Crippen LogP contribution in [0.2, 0.25) is 0 Å². The summed E-state index contributed by atoms with van der Waals surface area (Å²) in [5, 5.41) is 3.03. The molecule has 1 atom stereocenters. The Hall–Kier alpha value is -2.62. The zero-order valence-electron chi connectivity index (χ0n) is 13.4. The maximum atomic E-state index is 12.1. The number of aromatic nitrogens is 1. The lowest BCUT2D eigenvalue weighted by Crippen LogP contribution is -2.26. The van der Waals surface area contributed by atoms with Crippen molar-refractivity contribution in [2.24, 2.45) is 0 Å². The van der Waals surface area contributed by atoms with E-state index >= 15 is 0 Å². The summed E-state index contributed by atoms with van der Waals surface area (Å²) in [6.45, 7) is 3.83. The molecule has 1 N–H and O–H groups in total. The number of fused-ring (bicyclic) bond motifs is 1. The van der Waals surface area contributed by atoms with Gasteiger partial charge in [0.05, 0.1) is 6.04 Å². The normalized spacial score (nSPS) is 12.3. The minimum absolute atomic E-state index is 0.0179. The Morgan fingerprint density at radius 3 is 2.78 bits per heavy atom. The van der Waals surface area contributed by atoms with Crippen LogP contribution in [0.4, 0.5) is 0 Å². The van der Waals surface area contributed by atoms with Gasteiger partial charge in [-0.3, -0.25) is 4.79 Å². The summed E-state index contributed by atoms with van der Waals surface area (Å²) in [6, 6.07) is 15.9. The van der Waals surface area contributed by atoms with Crippen LogP contribution < -0.4 is 5.32 Å². The smallest absolute Gasteiger partial charge is 0.220 e. The van der Waals surface area contributed by atoms with Crippen LogP contribution in [0.5, 0.6) is 0 Å². The van der Waals surface area contributed by atoms with Crippen LogP contribution in [0.1, 0.15) is 36.4 Å². The lowest BCUT2D eigenvalue weighted by Gasteiger charge is -2.14. The number of rotatable bonds is 5. The molecule has 0 saturated carbocycles. The van der Waals surface area contributed by atoms with Crippen LogP contribution in [0, 0.1) is 6.92 Å². The third-order valence-corrected chi connectivity index (χ3v) is 3.88. The molecule has 0 aliphatic heterocycles. The van der Waals surface area contributed by atoms with Crippen molar-refractivity contribution in [1.29, 1.82) is 0 Å². The van der Waals surface area contributed by atoms with Gasteiger partial charge in [0.1, 0.15) is 5.52 Å². The Labute approximate surface area is 135 Å². The fourth-order valence-electron chi connectivity index (χ4n) is 2.64. The average Bonchev–Trinajstić information content (AvgIpc) is 2.93. The standard InChI is InChI=1S/C19H20N2O2/c1-13(16-6-4-3-5-7-16)20-19(22)11-9-15-8-10-18-17(12-15)21-14(2)23-18/h3-8,10,12-13H,9,11H2,1-2H3,(H,20,22). The fraction of sp³-hybridized carbons (Fsp3) is 0.263. The zero-order valence-corrected chi connectivity index (χ0v) is 13.4. The van der Waals surface area contributed by atoms with Crippen molar-refractivity contribution in [3.8, 4) is 0 Å². The van der Waals surface area contributed by atoms with Crippen molar-refractivity contribution in [3.63, 3.8) is 0 Å². The molecule has 3 rings (SSSR count). The number of hydrogen-bond donors (Lipinski definition) is 1. The molecular weight excluding hydrogens is 288 g/mol. The van der Waals surface area contributed by atoms with E-state index in [9.17, 15) is 4.79 Å². The lowest BCUT2D eigenvalue weighted by atomic mass is 10.1. The number of carbonyl (C=O) groups is 1. The molecule has 0 saturated heterocycles. The first-order valence-corrected chi connectivity index (χ1v) is 7.82. The summed E-state index contributed by atoms with van der Waals surface area (Å²) in [5.41, 5.74) is 3.83. The van der Waals surface area contributed by atoms with Gasteiger partial charge < -0.3 is 9.73 Å². The first kappa shape index (κ1) is 15.3. The van der Waals surface area contributed by atoms with Crippen LogP contribution in [-0.2, 0) is 11.2 Å². The summed E-state index contributed by atoms with van der Waals surface area (Å²) in [7, 11) is 0. The second-order valence-corrected chi connectivity index (χ2v) is 5.73. The monoisotopic (exact) mass is 308 g/mol. The summed E-state index contributed by atoms with van der Waals surface area (Å²) < 4.78 is 5.46. The predicted molar refractivity (Wildman–Crippen MR) is 90.1 cm³/mol. The van der Waals surface area contributed by atoms with Gasteiger partial charge in [-0.2, -0.15) is 0 Å². The molecule has 1 amide bonds. The third kappa shape index (κ3) is 3.77. The molecule has 1 unspecified atom stereocenters. The SMILES string of the molecule is Cc1nc2cc(CCC(=O)NC(C)c3ccccc3)ccc2o1. The highest BCUT2D eigenvalue weighted by molar-refractivity contribution is 5.77. The van der Waals surface area contributed by atoms with E-state index in [1.807, 2.05) is 62.4 Å². The van der Waals surface area contributed by atoms with E-state index in [1.54, 1.807) is 0 Å². The predicted octanol–water partition coefficient (Wildman–Crippen LogP) is 3.95. The number of oxazole rings is 1. The molecule has 1 heterocycles. The van der Waals surface area contributed by atoms with Gasteiger partial charge in [-0.15, -0.1) is 0 Å². The molecule has 118 valence electrons. The maximum Gasteiger partial charge on any atom is 0.220 e. The molecule has 4 nitrogen and oxygen atoms in total. The Bertz CT molecular complexity index is 809. The second kappa shape index (κ2) is 6.65. The van der Waals surface area contributed by atoms with Gasteiger partial charge in [-0.05, 0) is 36.6 Å². The zero-order chi connectivity index (χ0) is 16.2. The minimum atomic E-state index is 0.0179. The van der Waals surface area contributed by atoms with Gasteiger partial charge in [0.2, 0.25) is 5.91 Å². The number of hydrogen-bond acceptors (Lipinski definition) is 3. The van der Waals surface area contributed by atoms with Gasteiger partial charge in [-0.1, -0.05) is 36.4 Å². The highest BCUT2D eigenvalue weighted by Gasteiger charge is 2.10. The van der Waals surface area contributed by atoms with E-state index in [-0.39, 0.29) is 11.9 Å². The largest absolute Gasteiger partial charge is 0.441 e. The van der Waals surface area contributed by atoms with Crippen molar-refractivity contribution >= 4 is 17.0 Å². The lowest BCUT2D eigenvalue weighted by molar-refractivity contribution is -0.121. The number of carbonyl (C=O) groups excluding carboxylic acids is 1. The van der Waals surface area contributed by atoms with E-state index in [2.05, 4.69) is 10.3 Å². The molecular formula is C19H20N2O2. The Kier molecular flexibility index (Phi) is 4.42. The van der Waals surface area contributed by atoms with Crippen molar-refractivity contribution in [2.45, 2.75) is 32.7 Å². The minimum Gasteiger partial charge on any atom is -0.441 e. The molecule has 3 aromatic rings. The summed E-state index contributed by atoms with van der Waals surface area (Å²) >= 11 is 0. The quantitative estimate of drug-likeness (QED) is 0.776. The highest BCUT2D eigenvalue weighted by Crippen LogP contribution is 2.18. The summed E-state index contributed by atoms with van der Waals surface area (Å²) in [5.74, 6) is 0.712. The van der Waals surface area contributed by atoms with Crippen LogP contribution in [0.3, 0.4) is 0 Å². The third-order valence-electron chi connectivity index (χ3n) is 3.88. The number of aryl methyl sites for hydroxylation is 2. The maximum absolute atomic E-state index is 12.1. The number of amides is 1. The molecule has 0 spiro atoms. The highest BCUT2D eigenvalue weighted by atomic mass is 16.3. The molecule has 23 heavy (non-hydrogen) atoms. The fourth-order valence-corrected chi connectivity index (χ4v) is 2.64. The van der Waals surface area contributed by atoms with Crippen LogP contribution >= 0.6 is 0 Å². The Balaban J connectivity index is 1.57. The van der Waals surface area contributed by atoms with Crippen molar-refractivity contribution in [3.05, 3.63) is 65.5 Å². The molecule has 0 radical (unpaired) electrons. The van der Waals surface area contributed by atoms with Gasteiger partial charge >= 0.3 is 0 Å². The van der Waals surface area contributed by atoms with Crippen molar-refractivity contribution in [2.75, 3.05) is 0 Å². The number of nitrogens with zero attached hydrogens (tertiary/aromatic N) is 1. The molecule has 2 aromatic carbocycles. The van der Waals surface area contributed by atoms with Gasteiger partial charge in [0.25, 0.3) is 0 Å². The second-order valence-electron chi connectivity index (χ2n) is 5.73. The Morgan fingerprint density at radius 2 is 2.00 bits per heavy atom. The van der Waals surface area contributed by atoms with Crippen LogP contribution in [0.25, 0.3) is 11.1 Å². The molecule has 1 aromatic heterocycles. The van der Waals surface area contributed by atoms with Crippen molar-refractivity contribution < 1.29 is 9.21 Å². The first-order chi connectivity index (χ1) is 11.1. The van der Waals surface area contributed by atoms with E-state index in [1.165, 1.54) is 0 Å². The van der Waals surface area contributed by atoms with Crippen LogP contribution in [-0.4, -0.2) is 10.9 Å².